The summed E-state index contributed by atoms with van der Waals surface area (Å²) < 4.78 is 0.960. The van der Waals surface area contributed by atoms with Gasteiger partial charge in [-0.1, -0.05) is 6.92 Å². The first-order valence-corrected chi connectivity index (χ1v) is 7.35. The fourth-order valence-corrected chi connectivity index (χ4v) is 2.44. The van der Waals surface area contributed by atoms with Crippen LogP contribution in [0, 0.1) is 0 Å². The van der Waals surface area contributed by atoms with Gasteiger partial charge in [0.1, 0.15) is 5.52 Å². The third-order valence-electron chi connectivity index (χ3n) is 2.99. The molecular formula is C14H19BrN4. The lowest BCUT2D eigenvalue weighted by atomic mass is 10.2. The van der Waals surface area contributed by atoms with Crippen LogP contribution in [-0.2, 0) is 0 Å². The van der Waals surface area contributed by atoms with Gasteiger partial charge in [-0.05, 0) is 41.5 Å². The molecule has 0 unspecified atom stereocenters. The van der Waals surface area contributed by atoms with Crippen molar-refractivity contribution in [3.05, 3.63) is 29.0 Å². The van der Waals surface area contributed by atoms with Crippen molar-refractivity contribution in [2.45, 2.75) is 13.3 Å². The van der Waals surface area contributed by atoms with Crippen molar-refractivity contribution in [1.29, 1.82) is 0 Å². The molecule has 0 spiro atoms. The molecule has 0 radical (unpaired) electrons. The number of fused-ring (bicyclic) bond motifs is 1. The van der Waals surface area contributed by atoms with Gasteiger partial charge in [0.15, 0.2) is 0 Å². The zero-order valence-electron chi connectivity index (χ0n) is 11.4. The number of pyridine rings is 2. The Morgan fingerprint density at radius 2 is 2.16 bits per heavy atom. The number of anilines is 1. The molecule has 0 fully saturated rings. The third kappa shape index (κ3) is 3.42. The Hall–Kier alpha value is -1.20. The molecule has 2 heterocycles. The van der Waals surface area contributed by atoms with Crippen molar-refractivity contribution in [2.75, 3.05) is 31.6 Å². The Morgan fingerprint density at radius 1 is 1.32 bits per heavy atom. The normalized spacial score (nSPS) is 10.9. The van der Waals surface area contributed by atoms with Gasteiger partial charge in [-0.15, -0.1) is 0 Å². The highest BCUT2D eigenvalue weighted by molar-refractivity contribution is 9.10. The molecule has 0 aliphatic heterocycles. The monoisotopic (exact) mass is 322 g/mol. The molecule has 0 saturated heterocycles. The second-order valence-corrected chi connectivity index (χ2v) is 5.36. The Bertz CT molecular complexity index is 544. The molecular weight excluding hydrogens is 304 g/mol. The standard InChI is InChI=1S/C14H19BrN4/c1-3-7-19(8-6-16-2)13-4-5-17-12-9-11(15)10-18-14(12)13/h4-5,9-10,16H,3,6-8H2,1-2H3. The number of aromatic nitrogens is 2. The quantitative estimate of drug-likeness (QED) is 0.887. The molecule has 1 N–H and O–H groups in total. The van der Waals surface area contributed by atoms with E-state index in [0.29, 0.717) is 0 Å². The predicted molar refractivity (Wildman–Crippen MR) is 83.7 cm³/mol. The Kier molecular flexibility index (Phi) is 5.10. The maximum atomic E-state index is 4.52. The predicted octanol–water partition coefficient (Wildman–Crippen LogP) is 2.83. The van der Waals surface area contributed by atoms with Gasteiger partial charge in [0.25, 0.3) is 0 Å². The first-order valence-electron chi connectivity index (χ1n) is 6.56. The zero-order chi connectivity index (χ0) is 13.7. The van der Waals surface area contributed by atoms with Gasteiger partial charge in [0.2, 0.25) is 0 Å². The van der Waals surface area contributed by atoms with Gasteiger partial charge in [-0.3, -0.25) is 9.97 Å². The number of nitrogens with zero attached hydrogens (tertiary/aromatic N) is 3. The van der Waals surface area contributed by atoms with E-state index in [1.54, 1.807) is 0 Å². The second kappa shape index (κ2) is 6.82. The summed E-state index contributed by atoms with van der Waals surface area (Å²) in [7, 11) is 1.98. The van der Waals surface area contributed by atoms with Crippen LogP contribution in [0.25, 0.3) is 11.0 Å². The summed E-state index contributed by atoms with van der Waals surface area (Å²) in [5.74, 6) is 0. The van der Waals surface area contributed by atoms with E-state index in [-0.39, 0.29) is 0 Å². The number of hydrogen-bond acceptors (Lipinski definition) is 4. The Balaban J connectivity index is 2.40. The average Bonchev–Trinajstić information content (AvgIpc) is 2.42. The number of rotatable bonds is 6. The van der Waals surface area contributed by atoms with Crippen LogP contribution in [0.2, 0.25) is 0 Å². The van der Waals surface area contributed by atoms with Crippen LogP contribution < -0.4 is 10.2 Å². The summed E-state index contributed by atoms with van der Waals surface area (Å²) in [5.41, 5.74) is 3.06. The SMILES string of the molecule is CCCN(CCNC)c1ccnc2cc(Br)cnc12. The summed E-state index contributed by atoms with van der Waals surface area (Å²) in [6.07, 6.45) is 4.80. The molecule has 0 atom stereocenters. The van der Waals surface area contributed by atoms with Crippen LogP contribution in [0.15, 0.2) is 29.0 Å². The van der Waals surface area contributed by atoms with Crippen molar-refractivity contribution in [2.24, 2.45) is 0 Å². The highest BCUT2D eigenvalue weighted by Gasteiger charge is 2.10. The van der Waals surface area contributed by atoms with Crippen LogP contribution in [0.4, 0.5) is 5.69 Å². The minimum Gasteiger partial charge on any atom is -0.368 e. The van der Waals surface area contributed by atoms with Gasteiger partial charge >= 0.3 is 0 Å². The average molecular weight is 323 g/mol. The molecule has 0 aliphatic carbocycles. The van der Waals surface area contributed by atoms with E-state index in [1.807, 2.05) is 25.5 Å². The number of hydrogen-bond donors (Lipinski definition) is 1. The summed E-state index contributed by atoms with van der Waals surface area (Å²) in [4.78, 5) is 11.3. The fourth-order valence-electron chi connectivity index (χ4n) is 2.12. The zero-order valence-corrected chi connectivity index (χ0v) is 12.9. The van der Waals surface area contributed by atoms with E-state index in [0.717, 1.165) is 47.2 Å². The van der Waals surface area contributed by atoms with Crippen molar-refractivity contribution in [1.82, 2.24) is 15.3 Å². The van der Waals surface area contributed by atoms with Gasteiger partial charge < -0.3 is 10.2 Å². The number of likely N-dealkylation sites (N-methyl/N-ethyl adjacent to an activating group) is 1. The Morgan fingerprint density at radius 3 is 2.89 bits per heavy atom. The minimum absolute atomic E-state index is 0.928. The van der Waals surface area contributed by atoms with E-state index in [2.05, 4.69) is 49.1 Å². The van der Waals surface area contributed by atoms with Crippen molar-refractivity contribution in [3.8, 4) is 0 Å². The topological polar surface area (TPSA) is 41.0 Å². The second-order valence-electron chi connectivity index (χ2n) is 4.44. The van der Waals surface area contributed by atoms with E-state index >= 15 is 0 Å². The van der Waals surface area contributed by atoms with Crippen LogP contribution >= 0.6 is 15.9 Å². The van der Waals surface area contributed by atoms with Crippen molar-refractivity contribution in [3.63, 3.8) is 0 Å². The minimum atomic E-state index is 0.928. The third-order valence-corrected chi connectivity index (χ3v) is 3.42. The summed E-state index contributed by atoms with van der Waals surface area (Å²) >= 11 is 3.44. The molecule has 102 valence electrons. The summed E-state index contributed by atoms with van der Waals surface area (Å²) in [5, 5.41) is 3.20. The molecule has 0 aliphatic rings. The highest BCUT2D eigenvalue weighted by Crippen LogP contribution is 2.25. The van der Waals surface area contributed by atoms with Crippen LogP contribution in [-0.4, -0.2) is 36.6 Å². The fraction of sp³-hybridized carbons (Fsp3) is 0.429. The molecule has 5 heteroatoms. The maximum absolute atomic E-state index is 4.52. The van der Waals surface area contributed by atoms with E-state index < -0.39 is 0 Å². The first kappa shape index (κ1) is 14.2. The number of halogens is 1. The van der Waals surface area contributed by atoms with E-state index in [1.165, 1.54) is 0 Å². The molecule has 2 rings (SSSR count). The smallest absolute Gasteiger partial charge is 0.112 e. The highest BCUT2D eigenvalue weighted by atomic mass is 79.9. The van der Waals surface area contributed by atoms with Crippen molar-refractivity contribution < 1.29 is 0 Å². The molecule has 0 amide bonds. The molecule has 0 bridgehead atoms. The molecule has 2 aromatic heterocycles. The summed E-state index contributed by atoms with van der Waals surface area (Å²) in [6, 6.07) is 4.06. The number of nitrogens with one attached hydrogen (secondary N) is 1. The molecule has 0 aromatic carbocycles. The molecule has 2 aromatic rings. The van der Waals surface area contributed by atoms with Gasteiger partial charge in [0, 0.05) is 36.5 Å². The van der Waals surface area contributed by atoms with E-state index in [4.69, 9.17) is 0 Å². The van der Waals surface area contributed by atoms with Gasteiger partial charge in [-0.25, -0.2) is 0 Å². The van der Waals surface area contributed by atoms with Gasteiger partial charge in [0.05, 0.1) is 11.2 Å². The largest absolute Gasteiger partial charge is 0.368 e. The molecule has 0 saturated carbocycles. The molecule has 19 heavy (non-hydrogen) atoms. The van der Waals surface area contributed by atoms with Crippen LogP contribution in [0.3, 0.4) is 0 Å². The lowest BCUT2D eigenvalue weighted by Crippen LogP contribution is -2.31. The lowest BCUT2D eigenvalue weighted by Gasteiger charge is -2.25. The Labute approximate surface area is 122 Å². The maximum Gasteiger partial charge on any atom is 0.112 e. The first-order chi connectivity index (χ1) is 9.26. The van der Waals surface area contributed by atoms with Crippen molar-refractivity contribution >= 4 is 32.7 Å². The van der Waals surface area contributed by atoms with Crippen LogP contribution in [0.5, 0.6) is 0 Å². The summed E-state index contributed by atoms with van der Waals surface area (Å²) in [6.45, 7) is 5.15. The molecule has 4 nitrogen and oxygen atoms in total. The van der Waals surface area contributed by atoms with E-state index in [9.17, 15) is 0 Å². The lowest BCUT2D eigenvalue weighted by molar-refractivity contribution is 0.711. The van der Waals surface area contributed by atoms with Crippen LogP contribution in [0.1, 0.15) is 13.3 Å². The van der Waals surface area contributed by atoms with Gasteiger partial charge in [-0.2, -0.15) is 0 Å².